The number of hydrogen-bond acceptors (Lipinski definition) is 1. The van der Waals surface area contributed by atoms with Crippen LogP contribution in [0, 0.1) is 0 Å². The Balaban J connectivity index is 2.20. The Bertz CT molecular complexity index is 547. The van der Waals surface area contributed by atoms with Gasteiger partial charge in [0.05, 0.1) is 0 Å². The van der Waals surface area contributed by atoms with E-state index in [0.29, 0.717) is 12.0 Å². The average Bonchev–Trinajstić information content (AvgIpc) is 3.35. The predicted octanol–water partition coefficient (Wildman–Crippen LogP) is 11.9. The van der Waals surface area contributed by atoms with Gasteiger partial charge in [-0.1, -0.05) is 155 Å². The van der Waals surface area contributed by atoms with Crippen LogP contribution in [-0.4, -0.2) is 9.55 Å². The summed E-state index contributed by atoms with van der Waals surface area (Å²) in [6.07, 6.45) is 38.3. The van der Waals surface area contributed by atoms with Crippen molar-refractivity contribution in [3.05, 3.63) is 18.2 Å². The molecule has 0 bridgehead atoms. The van der Waals surface area contributed by atoms with Crippen molar-refractivity contribution in [2.24, 2.45) is 0 Å². The fraction of sp³-hybridized carbons (Fsp3) is 0.909. The van der Waals surface area contributed by atoms with Gasteiger partial charge in [-0.25, -0.2) is 4.98 Å². The van der Waals surface area contributed by atoms with E-state index in [1.54, 1.807) is 0 Å². The summed E-state index contributed by atoms with van der Waals surface area (Å²) >= 11 is 0. The highest BCUT2D eigenvalue weighted by Crippen LogP contribution is 2.29. The van der Waals surface area contributed by atoms with Crippen LogP contribution in [0.1, 0.15) is 200 Å². The van der Waals surface area contributed by atoms with E-state index in [1.807, 2.05) is 6.20 Å². The Hall–Kier alpha value is -0.790. The fourth-order valence-corrected chi connectivity index (χ4v) is 5.59. The van der Waals surface area contributed by atoms with Gasteiger partial charge in [0, 0.05) is 24.4 Å². The molecule has 0 radical (unpaired) electrons. The Morgan fingerprint density at radius 3 is 1.23 bits per heavy atom. The lowest BCUT2D eigenvalue weighted by Crippen LogP contribution is -2.11. The van der Waals surface area contributed by atoms with Gasteiger partial charge >= 0.3 is 0 Å². The van der Waals surface area contributed by atoms with E-state index in [-0.39, 0.29) is 0 Å². The van der Waals surface area contributed by atoms with Crippen molar-refractivity contribution in [1.29, 1.82) is 0 Å². The van der Waals surface area contributed by atoms with Crippen molar-refractivity contribution < 1.29 is 0 Å². The number of aromatic nitrogens is 2. The van der Waals surface area contributed by atoms with Gasteiger partial charge in [0.25, 0.3) is 0 Å². The van der Waals surface area contributed by atoms with Crippen molar-refractivity contribution in [2.75, 3.05) is 0 Å². The largest absolute Gasteiger partial charge is 0.332 e. The van der Waals surface area contributed by atoms with Crippen LogP contribution in [0.25, 0.3) is 0 Å². The van der Waals surface area contributed by atoms with E-state index in [0.717, 1.165) is 0 Å². The van der Waals surface area contributed by atoms with Crippen molar-refractivity contribution in [3.8, 4) is 0 Å². The number of unbranched alkanes of at least 4 members (excludes halogenated alkanes) is 20. The van der Waals surface area contributed by atoms with Crippen LogP contribution in [-0.2, 0) is 0 Å². The van der Waals surface area contributed by atoms with Gasteiger partial charge < -0.3 is 4.57 Å². The molecule has 1 aromatic rings. The highest BCUT2D eigenvalue weighted by atomic mass is 15.1. The molecule has 206 valence electrons. The molecule has 0 aromatic carbocycles. The molecule has 0 aliphatic heterocycles. The number of imidazole rings is 1. The molecule has 0 amide bonds. The molecule has 0 aliphatic rings. The van der Waals surface area contributed by atoms with E-state index in [1.165, 1.54) is 160 Å². The van der Waals surface area contributed by atoms with Gasteiger partial charge in [-0.15, -0.1) is 0 Å². The molecule has 0 spiro atoms. The van der Waals surface area contributed by atoms with Crippen LogP contribution in [0.5, 0.6) is 0 Å². The lowest BCUT2D eigenvalue weighted by atomic mass is 9.93. The normalized spacial score (nSPS) is 12.6. The Kier molecular flexibility index (Phi) is 21.7. The number of nitrogens with zero attached hydrogens (tertiary/aromatic N) is 2. The topological polar surface area (TPSA) is 17.8 Å². The van der Waals surface area contributed by atoms with Gasteiger partial charge in [-0.05, 0) is 26.7 Å². The molecule has 1 atom stereocenters. The molecule has 0 fully saturated rings. The Labute approximate surface area is 221 Å². The summed E-state index contributed by atoms with van der Waals surface area (Å²) < 4.78 is 2.43. The molecule has 1 unspecified atom stereocenters. The van der Waals surface area contributed by atoms with Crippen LogP contribution < -0.4 is 0 Å². The highest BCUT2D eigenvalue weighted by molar-refractivity contribution is 5.02. The van der Waals surface area contributed by atoms with Crippen molar-refractivity contribution in [2.45, 2.75) is 194 Å². The molecular formula is C33H64N2. The second-order valence-corrected chi connectivity index (χ2v) is 11.6. The summed E-state index contributed by atoms with van der Waals surface area (Å²) in [5.41, 5.74) is 0. The van der Waals surface area contributed by atoms with Gasteiger partial charge in [-0.2, -0.15) is 0 Å². The Morgan fingerprint density at radius 1 is 0.543 bits per heavy atom. The standard InChI is InChI=1S/C33H64N2/c1-5-7-9-11-13-15-17-18-20-22-24-26-28-32(33-34-29-30-35(33)31(3)4)27-25-23-21-19-16-14-12-10-8-6-2/h29-32H,5-28H2,1-4H3. The van der Waals surface area contributed by atoms with Crippen molar-refractivity contribution in [3.63, 3.8) is 0 Å². The van der Waals surface area contributed by atoms with Crippen LogP contribution in [0.2, 0.25) is 0 Å². The van der Waals surface area contributed by atoms with Gasteiger partial charge in [0.2, 0.25) is 0 Å². The molecule has 2 heteroatoms. The van der Waals surface area contributed by atoms with Crippen molar-refractivity contribution >= 4 is 0 Å². The lowest BCUT2D eigenvalue weighted by molar-refractivity contribution is 0.441. The molecule has 0 saturated heterocycles. The summed E-state index contributed by atoms with van der Waals surface area (Å²) in [5.74, 6) is 2.02. The summed E-state index contributed by atoms with van der Waals surface area (Å²) in [7, 11) is 0. The maximum absolute atomic E-state index is 4.84. The minimum Gasteiger partial charge on any atom is -0.332 e. The van der Waals surface area contributed by atoms with Gasteiger partial charge in [0.1, 0.15) is 5.82 Å². The molecule has 0 saturated carbocycles. The molecule has 1 rings (SSSR count). The quantitative estimate of drug-likeness (QED) is 0.118. The zero-order chi connectivity index (χ0) is 25.4. The van der Waals surface area contributed by atoms with E-state index >= 15 is 0 Å². The third kappa shape index (κ3) is 17.3. The first-order valence-corrected chi connectivity index (χ1v) is 16.2. The first-order valence-electron chi connectivity index (χ1n) is 16.2. The molecule has 1 heterocycles. The maximum Gasteiger partial charge on any atom is 0.111 e. The van der Waals surface area contributed by atoms with Crippen LogP contribution >= 0.6 is 0 Å². The minimum atomic E-state index is 0.518. The molecular weight excluding hydrogens is 424 g/mol. The van der Waals surface area contributed by atoms with Gasteiger partial charge in [-0.3, -0.25) is 0 Å². The molecule has 0 N–H and O–H groups in total. The Morgan fingerprint density at radius 2 is 0.886 bits per heavy atom. The smallest absolute Gasteiger partial charge is 0.111 e. The van der Waals surface area contributed by atoms with E-state index in [4.69, 9.17) is 4.98 Å². The van der Waals surface area contributed by atoms with E-state index in [2.05, 4.69) is 38.5 Å². The highest BCUT2D eigenvalue weighted by Gasteiger charge is 2.18. The minimum absolute atomic E-state index is 0.518. The fourth-order valence-electron chi connectivity index (χ4n) is 5.59. The third-order valence-electron chi connectivity index (χ3n) is 7.93. The van der Waals surface area contributed by atoms with E-state index < -0.39 is 0 Å². The van der Waals surface area contributed by atoms with Crippen LogP contribution in [0.3, 0.4) is 0 Å². The van der Waals surface area contributed by atoms with E-state index in [9.17, 15) is 0 Å². The summed E-state index contributed by atoms with van der Waals surface area (Å²) in [6.45, 7) is 9.21. The third-order valence-corrected chi connectivity index (χ3v) is 7.93. The monoisotopic (exact) mass is 489 g/mol. The molecule has 2 nitrogen and oxygen atoms in total. The molecule has 0 aliphatic carbocycles. The number of hydrogen-bond donors (Lipinski definition) is 0. The van der Waals surface area contributed by atoms with Gasteiger partial charge in [0.15, 0.2) is 0 Å². The maximum atomic E-state index is 4.84. The first kappa shape index (κ1) is 32.2. The molecule has 35 heavy (non-hydrogen) atoms. The zero-order valence-corrected chi connectivity index (χ0v) is 24.7. The summed E-state index contributed by atoms with van der Waals surface area (Å²) in [4.78, 5) is 4.84. The second-order valence-electron chi connectivity index (χ2n) is 11.6. The summed E-state index contributed by atoms with van der Waals surface area (Å²) in [6, 6.07) is 0.518. The first-order chi connectivity index (χ1) is 17.2. The number of rotatable bonds is 26. The lowest BCUT2D eigenvalue weighted by Gasteiger charge is -2.20. The SMILES string of the molecule is CCCCCCCCCCCCCCC(CCCCCCCCCCCC)c1nccn1C(C)C. The second kappa shape index (κ2) is 23.6. The average molecular weight is 489 g/mol. The summed E-state index contributed by atoms with van der Waals surface area (Å²) in [5, 5.41) is 0. The predicted molar refractivity (Wildman–Crippen MR) is 158 cm³/mol. The van der Waals surface area contributed by atoms with Crippen LogP contribution in [0.4, 0.5) is 0 Å². The zero-order valence-electron chi connectivity index (χ0n) is 24.7. The van der Waals surface area contributed by atoms with Crippen molar-refractivity contribution in [1.82, 2.24) is 9.55 Å². The van der Waals surface area contributed by atoms with Crippen LogP contribution in [0.15, 0.2) is 12.4 Å². The molecule has 1 aromatic heterocycles.